The standard InChI is InChI=1S/C17H15N3O4S/c1-10(15(21)18-9-11-5-4-8-25-11)20-16(22)13-7-3-2-6-12(13)14(19-20)17(23)24/h2-8,10H,9H2,1H3,(H,18,21)(H,23,24). The molecule has 1 aromatic carbocycles. The van der Waals surface area contributed by atoms with E-state index in [2.05, 4.69) is 10.4 Å². The van der Waals surface area contributed by atoms with E-state index in [1.54, 1.807) is 12.1 Å². The first-order chi connectivity index (χ1) is 12.0. The SMILES string of the molecule is CC(C(=O)NCc1cccs1)n1nc(C(=O)O)c2ccccc2c1=O. The predicted octanol–water partition coefficient (Wildman–Crippen LogP) is 2.03. The van der Waals surface area contributed by atoms with Gasteiger partial charge in [-0.1, -0.05) is 24.3 Å². The number of hydrogen-bond acceptors (Lipinski definition) is 5. The fourth-order valence-corrected chi connectivity index (χ4v) is 3.12. The molecule has 3 aromatic rings. The Labute approximate surface area is 146 Å². The van der Waals surface area contributed by atoms with Crippen LogP contribution in [0.1, 0.15) is 28.3 Å². The van der Waals surface area contributed by atoms with Crippen LogP contribution >= 0.6 is 11.3 Å². The van der Waals surface area contributed by atoms with E-state index < -0.39 is 23.5 Å². The third-order valence-corrected chi connectivity index (χ3v) is 4.67. The smallest absolute Gasteiger partial charge is 0.357 e. The summed E-state index contributed by atoms with van der Waals surface area (Å²) in [7, 11) is 0. The molecule has 1 amide bonds. The molecule has 0 saturated carbocycles. The Balaban J connectivity index is 1.96. The highest BCUT2D eigenvalue weighted by Crippen LogP contribution is 2.15. The molecule has 1 unspecified atom stereocenters. The highest BCUT2D eigenvalue weighted by atomic mass is 32.1. The van der Waals surface area contributed by atoms with Gasteiger partial charge < -0.3 is 10.4 Å². The number of hydrogen-bond donors (Lipinski definition) is 2. The second-order valence-electron chi connectivity index (χ2n) is 5.42. The zero-order chi connectivity index (χ0) is 18.0. The van der Waals surface area contributed by atoms with E-state index in [9.17, 15) is 19.5 Å². The van der Waals surface area contributed by atoms with E-state index in [0.29, 0.717) is 6.54 Å². The number of carboxylic acids is 1. The molecule has 25 heavy (non-hydrogen) atoms. The fourth-order valence-electron chi connectivity index (χ4n) is 2.47. The van der Waals surface area contributed by atoms with Gasteiger partial charge in [0.25, 0.3) is 5.56 Å². The normalized spacial score (nSPS) is 12.0. The minimum atomic E-state index is -1.25. The van der Waals surface area contributed by atoms with Crippen LogP contribution in [0.5, 0.6) is 0 Å². The summed E-state index contributed by atoms with van der Waals surface area (Å²) in [5.41, 5.74) is -0.757. The molecule has 7 nitrogen and oxygen atoms in total. The fraction of sp³-hybridized carbons (Fsp3) is 0.176. The second kappa shape index (κ2) is 6.86. The van der Waals surface area contributed by atoms with Crippen LogP contribution in [0.2, 0.25) is 0 Å². The van der Waals surface area contributed by atoms with Gasteiger partial charge in [-0.2, -0.15) is 5.10 Å². The summed E-state index contributed by atoms with van der Waals surface area (Å²) >= 11 is 1.51. The van der Waals surface area contributed by atoms with Crippen LogP contribution in [-0.2, 0) is 11.3 Å². The quantitative estimate of drug-likeness (QED) is 0.728. The van der Waals surface area contributed by atoms with E-state index >= 15 is 0 Å². The number of rotatable bonds is 5. The number of carboxylic acid groups (broad SMARTS) is 1. The number of carbonyl (C=O) groups excluding carboxylic acids is 1. The van der Waals surface area contributed by atoms with Crippen molar-refractivity contribution in [1.82, 2.24) is 15.1 Å². The van der Waals surface area contributed by atoms with Crippen LogP contribution in [0.15, 0.2) is 46.6 Å². The lowest BCUT2D eigenvalue weighted by Gasteiger charge is -2.15. The number of nitrogens with zero attached hydrogens (tertiary/aromatic N) is 2. The van der Waals surface area contributed by atoms with E-state index in [4.69, 9.17) is 0 Å². The zero-order valence-electron chi connectivity index (χ0n) is 13.3. The summed E-state index contributed by atoms with van der Waals surface area (Å²) in [5.74, 6) is -1.66. The molecular formula is C17H15N3O4S. The van der Waals surface area contributed by atoms with Gasteiger partial charge in [0.05, 0.1) is 11.9 Å². The van der Waals surface area contributed by atoms with E-state index in [1.807, 2.05) is 17.5 Å². The number of amides is 1. The number of fused-ring (bicyclic) bond motifs is 1. The number of aromatic nitrogens is 2. The number of thiophene rings is 1. The molecule has 0 radical (unpaired) electrons. The van der Waals surface area contributed by atoms with Crippen molar-refractivity contribution < 1.29 is 14.7 Å². The van der Waals surface area contributed by atoms with Crippen LogP contribution in [0.3, 0.4) is 0 Å². The van der Waals surface area contributed by atoms with Crippen LogP contribution in [0.25, 0.3) is 10.8 Å². The first kappa shape index (κ1) is 16.8. The largest absolute Gasteiger partial charge is 0.476 e. The number of nitrogens with one attached hydrogen (secondary N) is 1. The molecule has 3 rings (SSSR count). The molecule has 0 fully saturated rings. The van der Waals surface area contributed by atoms with E-state index in [1.165, 1.54) is 30.4 Å². The number of benzene rings is 1. The summed E-state index contributed by atoms with van der Waals surface area (Å²) in [6.45, 7) is 1.85. The van der Waals surface area contributed by atoms with Gasteiger partial charge >= 0.3 is 5.97 Å². The van der Waals surface area contributed by atoms with Gasteiger partial charge in [0, 0.05) is 10.3 Å². The molecule has 0 aliphatic rings. The molecule has 2 N–H and O–H groups in total. The summed E-state index contributed by atoms with van der Waals surface area (Å²) in [5, 5.41) is 18.4. The second-order valence-corrected chi connectivity index (χ2v) is 6.45. The minimum absolute atomic E-state index is 0.216. The maximum Gasteiger partial charge on any atom is 0.357 e. The molecule has 1 atom stereocenters. The molecule has 0 spiro atoms. The predicted molar refractivity (Wildman–Crippen MR) is 93.8 cm³/mol. The van der Waals surface area contributed by atoms with Gasteiger partial charge in [0.1, 0.15) is 6.04 Å². The average Bonchev–Trinajstić information content (AvgIpc) is 3.13. The molecule has 8 heteroatoms. The molecular weight excluding hydrogens is 342 g/mol. The van der Waals surface area contributed by atoms with Crippen molar-refractivity contribution in [3.8, 4) is 0 Å². The van der Waals surface area contributed by atoms with Crippen molar-refractivity contribution in [2.24, 2.45) is 0 Å². The van der Waals surface area contributed by atoms with Gasteiger partial charge in [-0.05, 0) is 24.4 Å². The summed E-state index contributed by atoms with van der Waals surface area (Å²) < 4.78 is 0.926. The molecule has 2 heterocycles. The maximum absolute atomic E-state index is 12.6. The highest BCUT2D eigenvalue weighted by Gasteiger charge is 2.22. The number of aromatic carboxylic acids is 1. The monoisotopic (exact) mass is 357 g/mol. The van der Waals surface area contributed by atoms with Crippen molar-refractivity contribution >= 4 is 34.0 Å². The van der Waals surface area contributed by atoms with Gasteiger partial charge in [0.15, 0.2) is 5.69 Å². The van der Waals surface area contributed by atoms with Crippen molar-refractivity contribution in [2.45, 2.75) is 19.5 Å². The zero-order valence-corrected chi connectivity index (χ0v) is 14.1. The Morgan fingerprint density at radius 2 is 1.96 bits per heavy atom. The third kappa shape index (κ3) is 3.29. The van der Waals surface area contributed by atoms with Gasteiger partial charge in [-0.15, -0.1) is 11.3 Å². The van der Waals surface area contributed by atoms with E-state index in [-0.39, 0.29) is 16.5 Å². The summed E-state index contributed by atoms with van der Waals surface area (Å²) in [6.07, 6.45) is 0. The summed E-state index contributed by atoms with van der Waals surface area (Å²) in [4.78, 5) is 37.4. The van der Waals surface area contributed by atoms with Gasteiger partial charge in [-0.25, -0.2) is 9.48 Å². The Bertz CT molecular complexity index is 995. The van der Waals surface area contributed by atoms with Crippen molar-refractivity contribution in [3.05, 3.63) is 62.7 Å². The lowest BCUT2D eigenvalue weighted by molar-refractivity contribution is -0.124. The van der Waals surface area contributed by atoms with E-state index in [0.717, 1.165) is 9.56 Å². The topological polar surface area (TPSA) is 101 Å². The van der Waals surface area contributed by atoms with Crippen molar-refractivity contribution in [1.29, 1.82) is 0 Å². The lowest BCUT2D eigenvalue weighted by atomic mass is 10.1. The molecule has 0 aliphatic carbocycles. The van der Waals surface area contributed by atoms with Gasteiger partial charge in [-0.3, -0.25) is 9.59 Å². The van der Waals surface area contributed by atoms with Crippen LogP contribution in [-0.4, -0.2) is 26.8 Å². The molecule has 0 aliphatic heterocycles. The Morgan fingerprint density at radius 3 is 2.60 bits per heavy atom. The minimum Gasteiger partial charge on any atom is -0.476 e. The van der Waals surface area contributed by atoms with Gasteiger partial charge in [0.2, 0.25) is 5.91 Å². The number of carbonyl (C=O) groups is 2. The molecule has 0 saturated heterocycles. The Hall–Kier alpha value is -3.00. The van der Waals surface area contributed by atoms with Crippen molar-refractivity contribution in [3.63, 3.8) is 0 Å². The molecule has 0 bridgehead atoms. The molecule has 128 valence electrons. The first-order valence-corrected chi connectivity index (χ1v) is 8.42. The first-order valence-electron chi connectivity index (χ1n) is 7.54. The molecule has 2 aromatic heterocycles. The average molecular weight is 357 g/mol. The Kier molecular flexibility index (Phi) is 4.62. The van der Waals surface area contributed by atoms with Crippen LogP contribution in [0, 0.1) is 0 Å². The van der Waals surface area contributed by atoms with Crippen LogP contribution in [0.4, 0.5) is 0 Å². The highest BCUT2D eigenvalue weighted by molar-refractivity contribution is 7.09. The lowest BCUT2D eigenvalue weighted by Crippen LogP contribution is -2.37. The maximum atomic E-state index is 12.6. The van der Waals surface area contributed by atoms with Crippen molar-refractivity contribution in [2.75, 3.05) is 0 Å². The Morgan fingerprint density at radius 1 is 1.24 bits per heavy atom. The van der Waals surface area contributed by atoms with Crippen LogP contribution < -0.4 is 10.9 Å². The third-order valence-electron chi connectivity index (χ3n) is 3.79. The summed E-state index contributed by atoms with van der Waals surface area (Å²) in [6, 6.07) is 9.16.